The van der Waals surface area contributed by atoms with E-state index in [0.29, 0.717) is 5.75 Å². The first-order chi connectivity index (χ1) is 7.99. The third-order valence-electron chi connectivity index (χ3n) is 2.40. The predicted octanol–water partition coefficient (Wildman–Crippen LogP) is 2.74. The molecular weight excluding hydrogens is 286 g/mol. The summed E-state index contributed by atoms with van der Waals surface area (Å²) < 4.78 is 10.9. The highest BCUT2D eigenvalue weighted by Crippen LogP contribution is 2.32. The van der Waals surface area contributed by atoms with Crippen molar-refractivity contribution in [1.82, 2.24) is 0 Å². The standard InChI is InChI=1S/C12H16BrNO3/c1-7-5-9(13)6-10(16-3)11(7)14-8(2)12(15)17-4/h5-6,8,14H,1-4H3. The van der Waals surface area contributed by atoms with Crippen LogP contribution in [0.15, 0.2) is 16.6 Å². The largest absolute Gasteiger partial charge is 0.495 e. The summed E-state index contributed by atoms with van der Waals surface area (Å²) in [5.74, 6) is 0.377. The number of rotatable bonds is 4. The predicted molar refractivity (Wildman–Crippen MR) is 70.5 cm³/mol. The SMILES string of the molecule is COC(=O)C(C)Nc1c(C)cc(Br)cc1OC. The van der Waals surface area contributed by atoms with Crippen LogP contribution in [0.1, 0.15) is 12.5 Å². The highest BCUT2D eigenvalue weighted by molar-refractivity contribution is 9.10. The quantitative estimate of drug-likeness (QED) is 0.869. The molecule has 1 atom stereocenters. The van der Waals surface area contributed by atoms with Crippen LogP contribution in [0.5, 0.6) is 5.75 Å². The first kappa shape index (κ1) is 13.8. The molecule has 0 aromatic heterocycles. The maximum Gasteiger partial charge on any atom is 0.327 e. The molecule has 1 N–H and O–H groups in total. The summed E-state index contributed by atoms with van der Waals surface area (Å²) >= 11 is 3.40. The Morgan fingerprint density at radius 2 is 2.06 bits per heavy atom. The minimum absolute atomic E-state index is 0.311. The van der Waals surface area contributed by atoms with Crippen molar-refractivity contribution in [3.8, 4) is 5.75 Å². The molecule has 0 saturated heterocycles. The summed E-state index contributed by atoms with van der Waals surface area (Å²) in [5.41, 5.74) is 1.79. The highest BCUT2D eigenvalue weighted by atomic mass is 79.9. The number of ether oxygens (including phenoxy) is 2. The van der Waals surface area contributed by atoms with Gasteiger partial charge in [0.15, 0.2) is 0 Å². The zero-order valence-electron chi connectivity index (χ0n) is 10.3. The van der Waals surface area contributed by atoms with Gasteiger partial charge in [0.2, 0.25) is 0 Å². The fourth-order valence-electron chi connectivity index (χ4n) is 1.51. The van der Waals surface area contributed by atoms with Crippen LogP contribution in [0, 0.1) is 6.92 Å². The fourth-order valence-corrected chi connectivity index (χ4v) is 2.06. The van der Waals surface area contributed by atoms with Crippen molar-refractivity contribution in [2.45, 2.75) is 19.9 Å². The number of halogens is 1. The molecule has 5 heteroatoms. The van der Waals surface area contributed by atoms with Crippen LogP contribution < -0.4 is 10.1 Å². The molecule has 0 saturated carbocycles. The van der Waals surface area contributed by atoms with E-state index in [4.69, 9.17) is 4.74 Å². The molecule has 0 radical (unpaired) electrons. The van der Waals surface area contributed by atoms with E-state index in [1.165, 1.54) is 7.11 Å². The molecule has 0 spiro atoms. The lowest BCUT2D eigenvalue weighted by Crippen LogP contribution is -2.27. The molecule has 0 aliphatic rings. The maximum atomic E-state index is 11.4. The molecule has 0 aliphatic carbocycles. The number of carbonyl (C=O) groups is 1. The van der Waals surface area contributed by atoms with E-state index in [1.807, 2.05) is 19.1 Å². The topological polar surface area (TPSA) is 47.6 Å². The van der Waals surface area contributed by atoms with E-state index in [2.05, 4.69) is 26.0 Å². The number of hydrogen-bond donors (Lipinski definition) is 1. The van der Waals surface area contributed by atoms with Crippen molar-refractivity contribution in [3.05, 3.63) is 22.2 Å². The first-order valence-electron chi connectivity index (χ1n) is 5.18. The lowest BCUT2D eigenvalue weighted by Gasteiger charge is -2.18. The normalized spacial score (nSPS) is 11.8. The van der Waals surface area contributed by atoms with E-state index >= 15 is 0 Å². The Labute approximate surface area is 109 Å². The number of esters is 1. The summed E-state index contributed by atoms with van der Waals surface area (Å²) in [5, 5.41) is 3.09. The fraction of sp³-hybridized carbons (Fsp3) is 0.417. The Morgan fingerprint density at radius 3 is 2.59 bits per heavy atom. The Bertz CT molecular complexity index is 420. The van der Waals surface area contributed by atoms with Gasteiger partial charge in [-0.25, -0.2) is 4.79 Å². The minimum atomic E-state index is -0.422. The second-order valence-electron chi connectivity index (χ2n) is 3.69. The average molecular weight is 302 g/mol. The summed E-state index contributed by atoms with van der Waals surface area (Å²) in [4.78, 5) is 11.4. The molecule has 0 fully saturated rings. The zero-order chi connectivity index (χ0) is 13.0. The van der Waals surface area contributed by atoms with Crippen molar-refractivity contribution in [3.63, 3.8) is 0 Å². The van der Waals surface area contributed by atoms with E-state index in [9.17, 15) is 4.79 Å². The Hall–Kier alpha value is -1.23. The van der Waals surface area contributed by atoms with Gasteiger partial charge in [0.05, 0.1) is 19.9 Å². The monoisotopic (exact) mass is 301 g/mol. The van der Waals surface area contributed by atoms with E-state index in [1.54, 1.807) is 14.0 Å². The smallest absolute Gasteiger partial charge is 0.327 e. The second-order valence-corrected chi connectivity index (χ2v) is 4.60. The molecule has 0 heterocycles. The Morgan fingerprint density at radius 1 is 1.41 bits per heavy atom. The molecule has 1 aromatic carbocycles. The van der Waals surface area contributed by atoms with Crippen LogP contribution in [0.3, 0.4) is 0 Å². The third-order valence-corrected chi connectivity index (χ3v) is 2.86. The van der Waals surface area contributed by atoms with E-state index in [0.717, 1.165) is 15.7 Å². The Kier molecular flexibility index (Phi) is 4.81. The van der Waals surface area contributed by atoms with Crippen molar-refractivity contribution in [2.75, 3.05) is 19.5 Å². The van der Waals surface area contributed by atoms with Gasteiger partial charge in [-0.2, -0.15) is 0 Å². The molecular formula is C12H16BrNO3. The summed E-state index contributed by atoms with van der Waals surface area (Å²) in [6, 6.07) is 3.38. The number of hydrogen-bond acceptors (Lipinski definition) is 4. The highest BCUT2D eigenvalue weighted by Gasteiger charge is 2.16. The molecule has 0 amide bonds. The van der Waals surface area contributed by atoms with Gasteiger partial charge < -0.3 is 14.8 Å². The van der Waals surface area contributed by atoms with Crippen LogP contribution in [-0.2, 0) is 9.53 Å². The van der Waals surface area contributed by atoms with Crippen molar-refractivity contribution < 1.29 is 14.3 Å². The van der Waals surface area contributed by atoms with Crippen LogP contribution >= 0.6 is 15.9 Å². The van der Waals surface area contributed by atoms with E-state index < -0.39 is 6.04 Å². The van der Waals surface area contributed by atoms with Gasteiger partial charge in [0.1, 0.15) is 11.8 Å². The maximum absolute atomic E-state index is 11.4. The van der Waals surface area contributed by atoms with Gasteiger partial charge >= 0.3 is 5.97 Å². The second kappa shape index (κ2) is 5.91. The number of nitrogens with one attached hydrogen (secondary N) is 1. The summed E-state index contributed by atoms with van der Waals surface area (Å²) in [6.07, 6.45) is 0. The van der Waals surface area contributed by atoms with Gasteiger partial charge in [-0.15, -0.1) is 0 Å². The lowest BCUT2D eigenvalue weighted by atomic mass is 10.1. The van der Waals surface area contributed by atoms with Gasteiger partial charge in [0.25, 0.3) is 0 Å². The van der Waals surface area contributed by atoms with E-state index in [-0.39, 0.29) is 5.97 Å². The molecule has 4 nitrogen and oxygen atoms in total. The molecule has 0 bridgehead atoms. The first-order valence-corrected chi connectivity index (χ1v) is 5.97. The summed E-state index contributed by atoms with van der Waals surface area (Å²) in [7, 11) is 2.96. The molecule has 94 valence electrons. The van der Waals surface area contributed by atoms with Crippen molar-refractivity contribution >= 4 is 27.6 Å². The Balaban J connectivity index is 3.01. The molecule has 1 rings (SSSR count). The average Bonchev–Trinajstić information content (AvgIpc) is 2.30. The minimum Gasteiger partial charge on any atom is -0.495 e. The molecule has 0 aliphatic heterocycles. The number of anilines is 1. The lowest BCUT2D eigenvalue weighted by molar-refractivity contribution is -0.141. The van der Waals surface area contributed by atoms with Gasteiger partial charge in [-0.1, -0.05) is 15.9 Å². The van der Waals surface area contributed by atoms with Gasteiger partial charge in [0, 0.05) is 4.47 Å². The van der Waals surface area contributed by atoms with Crippen LogP contribution in [0.25, 0.3) is 0 Å². The van der Waals surface area contributed by atoms with Crippen molar-refractivity contribution in [1.29, 1.82) is 0 Å². The van der Waals surface area contributed by atoms with Crippen LogP contribution in [0.4, 0.5) is 5.69 Å². The van der Waals surface area contributed by atoms with Crippen LogP contribution in [-0.4, -0.2) is 26.2 Å². The molecule has 17 heavy (non-hydrogen) atoms. The van der Waals surface area contributed by atoms with Crippen LogP contribution in [0.2, 0.25) is 0 Å². The molecule has 1 unspecified atom stereocenters. The van der Waals surface area contributed by atoms with Crippen molar-refractivity contribution in [2.24, 2.45) is 0 Å². The van der Waals surface area contributed by atoms with Gasteiger partial charge in [-0.3, -0.25) is 0 Å². The number of benzene rings is 1. The third kappa shape index (κ3) is 3.36. The number of carbonyl (C=O) groups excluding carboxylic acids is 1. The summed E-state index contributed by atoms with van der Waals surface area (Å²) in [6.45, 7) is 3.69. The zero-order valence-corrected chi connectivity index (χ0v) is 11.9. The number of methoxy groups -OCH3 is 2. The molecule has 1 aromatic rings. The van der Waals surface area contributed by atoms with Gasteiger partial charge in [-0.05, 0) is 31.5 Å². The number of aryl methyl sites for hydroxylation is 1.